The van der Waals surface area contributed by atoms with Gasteiger partial charge in [-0.15, -0.1) is 0 Å². The Balaban J connectivity index is 2.12. The summed E-state index contributed by atoms with van der Waals surface area (Å²) < 4.78 is 5.54. The van der Waals surface area contributed by atoms with Crippen molar-refractivity contribution in [2.24, 2.45) is 0 Å². The second-order valence-corrected chi connectivity index (χ2v) is 3.85. The lowest BCUT2D eigenvalue weighted by molar-refractivity contribution is -0.121. The predicted octanol–water partition coefficient (Wildman–Crippen LogP) is 2.87. The van der Waals surface area contributed by atoms with E-state index in [-0.39, 0.29) is 12.4 Å². The third-order valence-corrected chi connectivity index (χ3v) is 2.55. The first-order valence-corrected chi connectivity index (χ1v) is 5.64. The molecule has 0 aromatic carbocycles. The van der Waals surface area contributed by atoms with Crippen LogP contribution in [-0.2, 0) is 9.53 Å². The number of ether oxygens (including phenoxy) is 1. The minimum absolute atomic E-state index is 0.0948. The Morgan fingerprint density at radius 1 is 1.36 bits per heavy atom. The highest BCUT2D eigenvalue weighted by Gasteiger charge is 2.14. The Morgan fingerprint density at radius 2 is 2.07 bits per heavy atom. The highest BCUT2D eigenvalue weighted by molar-refractivity contribution is 5.90. The quantitative estimate of drug-likeness (QED) is 0.632. The molecule has 2 nitrogen and oxygen atoms in total. The van der Waals surface area contributed by atoms with Crippen molar-refractivity contribution in [3.8, 4) is 0 Å². The maximum atomic E-state index is 11.2. The average molecular weight is 196 g/mol. The van der Waals surface area contributed by atoms with Gasteiger partial charge in [-0.1, -0.05) is 32.3 Å². The van der Waals surface area contributed by atoms with Crippen molar-refractivity contribution in [1.82, 2.24) is 0 Å². The summed E-state index contributed by atoms with van der Waals surface area (Å²) >= 11 is 0. The van der Waals surface area contributed by atoms with E-state index in [1.54, 1.807) is 6.08 Å². The van der Waals surface area contributed by atoms with Crippen LogP contribution in [0.25, 0.3) is 0 Å². The summed E-state index contributed by atoms with van der Waals surface area (Å²) in [6.45, 7) is 2.28. The third-order valence-electron chi connectivity index (χ3n) is 2.55. The molecule has 0 aliphatic heterocycles. The monoisotopic (exact) mass is 196 g/mol. The topological polar surface area (TPSA) is 26.3 Å². The second kappa shape index (κ2) is 6.77. The fourth-order valence-corrected chi connectivity index (χ4v) is 1.73. The molecular formula is C12H20O2. The molecule has 0 aromatic rings. The highest BCUT2D eigenvalue weighted by Crippen LogP contribution is 2.19. The van der Waals surface area contributed by atoms with Gasteiger partial charge in [-0.2, -0.15) is 0 Å². The van der Waals surface area contributed by atoms with E-state index in [0.29, 0.717) is 6.10 Å². The fourth-order valence-electron chi connectivity index (χ4n) is 1.73. The molecular weight excluding hydrogens is 176 g/mol. The number of carbonyl (C=O) groups excluding carboxylic acids is 1. The molecule has 0 radical (unpaired) electrons. The zero-order valence-corrected chi connectivity index (χ0v) is 9.00. The van der Waals surface area contributed by atoms with Gasteiger partial charge in [0.1, 0.15) is 6.61 Å². The third kappa shape index (κ3) is 4.56. The molecule has 0 unspecified atom stereocenters. The summed E-state index contributed by atoms with van der Waals surface area (Å²) in [4.78, 5) is 11.2. The van der Waals surface area contributed by atoms with Crippen molar-refractivity contribution in [1.29, 1.82) is 0 Å². The maximum absolute atomic E-state index is 11.2. The zero-order valence-electron chi connectivity index (χ0n) is 9.00. The molecule has 0 atom stereocenters. The Bertz CT molecular complexity index is 190. The number of carbonyl (C=O) groups is 1. The largest absolute Gasteiger partial charge is 0.370 e. The molecule has 2 heteroatoms. The van der Waals surface area contributed by atoms with Gasteiger partial charge in [0.15, 0.2) is 5.78 Å². The first-order valence-electron chi connectivity index (χ1n) is 5.64. The van der Waals surface area contributed by atoms with Gasteiger partial charge < -0.3 is 4.74 Å². The number of hydrogen-bond donors (Lipinski definition) is 0. The second-order valence-electron chi connectivity index (χ2n) is 3.85. The molecule has 1 aliphatic rings. The van der Waals surface area contributed by atoms with Crippen LogP contribution in [0.2, 0.25) is 0 Å². The molecule has 0 heterocycles. The smallest absolute Gasteiger partial charge is 0.180 e. The van der Waals surface area contributed by atoms with Crippen LogP contribution in [0, 0.1) is 0 Å². The standard InChI is InChI=1S/C12H20O2/c1-2-3-7-11(13)10-14-12-8-5-4-6-9-12/h3,7,12H,2,4-6,8-10H2,1H3. The van der Waals surface area contributed by atoms with Crippen LogP contribution in [0.4, 0.5) is 0 Å². The van der Waals surface area contributed by atoms with Gasteiger partial charge in [0, 0.05) is 0 Å². The van der Waals surface area contributed by atoms with E-state index in [1.165, 1.54) is 19.3 Å². The first kappa shape index (κ1) is 11.4. The van der Waals surface area contributed by atoms with Gasteiger partial charge in [0.2, 0.25) is 0 Å². The molecule has 0 bridgehead atoms. The molecule has 0 N–H and O–H groups in total. The molecule has 1 rings (SSSR count). The van der Waals surface area contributed by atoms with E-state index in [9.17, 15) is 4.79 Å². The van der Waals surface area contributed by atoms with E-state index < -0.39 is 0 Å². The minimum Gasteiger partial charge on any atom is -0.370 e. The van der Waals surface area contributed by atoms with Crippen LogP contribution in [0.3, 0.4) is 0 Å². The Hall–Kier alpha value is -0.630. The number of hydrogen-bond acceptors (Lipinski definition) is 2. The number of rotatable bonds is 5. The normalized spacial score (nSPS) is 18.9. The first-order chi connectivity index (χ1) is 6.83. The van der Waals surface area contributed by atoms with Crippen LogP contribution in [-0.4, -0.2) is 18.5 Å². The van der Waals surface area contributed by atoms with Gasteiger partial charge in [-0.05, 0) is 25.3 Å². The van der Waals surface area contributed by atoms with Crippen molar-refractivity contribution < 1.29 is 9.53 Å². The summed E-state index contributed by atoms with van der Waals surface area (Å²) in [5.41, 5.74) is 0. The van der Waals surface area contributed by atoms with Crippen LogP contribution in [0.5, 0.6) is 0 Å². The summed E-state index contributed by atoms with van der Waals surface area (Å²) in [7, 11) is 0. The zero-order chi connectivity index (χ0) is 10.2. The molecule has 1 fully saturated rings. The molecule has 0 saturated heterocycles. The van der Waals surface area contributed by atoms with Crippen LogP contribution < -0.4 is 0 Å². The summed E-state index contributed by atoms with van der Waals surface area (Å²) in [6, 6.07) is 0. The predicted molar refractivity (Wildman–Crippen MR) is 57.3 cm³/mol. The molecule has 1 saturated carbocycles. The average Bonchev–Trinajstić information content (AvgIpc) is 2.25. The minimum atomic E-state index is 0.0948. The fraction of sp³-hybridized carbons (Fsp3) is 0.750. The molecule has 0 spiro atoms. The Kier molecular flexibility index (Phi) is 5.53. The van der Waals surface area contributed by atoms with E-state index >= 15 is 0 Å². The molecule has 0 aromatic heterocycles. The van der Waals surface area contributed by atoms with E-state index in [1.807, 2.05) is 13.0 Å². The molecule has 0 amide bonds. The summed E-state index contributed by atoms with van der Waals surface area (Å²) in [5.74, 6) is 0.0948. The van der Waals surface area contributed by atoms with Crippen LogP contribution in [0.15, 0.2) is 12.2 Å². The van der Waals surface area contributed by atoms with Crippen molar-refractivity contribution in [3.63, 3.8) is 0 Å². The summed E-state index contributed by atoms with van der Waals surface area (Å²) in [6.07, 6.45) is 10.8. The van der Waals surface area contributed by atoms with Crippen molar-refractivity contribution in [2.45, 2.75) is 51.6 Å². The van der Waals surface area contributed by atoms with Crippen molar-refractivity contribution in [2.75, 3.05) is 6.61 Å². The molecule has 80 valence electrons. The summed E-state index contributed by atoms with van der Waals surface area (Å²) in [5, 5.41) is 0. The molecule has 14 heavy (non-hydrogen) atoms. The van der Waals surface area contributed by atoms with E-state index in [4.69, 9.17) is 4.74 Å². The van der Waals surface area contributed by atoms with Gasteiger partial charge in [0.25, 0.3) is 0 Å². The lowest BCUT2D eigenvalue weighted by Gasteiger charge is -2.21. The number of allylic oxidation sites excluding steroid dienone is 1. The Morgan fingerprint density at radius 3 is 2.71 bits per heavy atom. The van der Waals surface area contributed by atoms with E-state index in [2.05, 4.69) is 0 Å². The Labute approximate surface area is 86.3 Å². The lowest BCUT2D eigenvalue weighted by atomic mass is 9.98. The van der Waals surface area contributed by atoms with Crippen LogP contribution >= 0.6 is 0 Å². The van der Waals surface area contributed by atoms with Gasteiger partial charge in [0.05, 0.1) is 6.10 Å². The van der Waals surface area contributed by atoms with Gasteiger partial charge in [-0.25, -0.2) is 0 Å². The van der Waals surface area contributed by atoms with Crippen molar-refractivity contribution in [3.05, 3.63) is 12.2 Å². The van der Waals surface area contributed by atoms with Crippen molar-refractivity contribution >= 4 is 5.78 Å². The van der Waals surface area contributed by atoms with Gasteiger partial charge >= 0.3 is 0 Å². The lowest BCUT2D eigenvalue weighted by Crippen LogP contribution is -2.20. The highest BCUT2D eigenvalue weighted by atomic mass is 16.5. The SMILES string of the molecule is CCC=CC(=O)COC1CCCCC1. The van der Waals surface area contributed by atoms with E-state index in [0.717, 1.165) is 19.3 Å². The number of ketones is 1. The van der Waals surface area contributed by atoms with Gasteiger partial charge in [-0.3, -0.25) is 4.79 Å². The van der Waals surface area contributed by atoms with Crippen LogP contribution in [0.1, 0.15) is 45.4 Å². The molecule has 1 aliphatic carbocycles. The maximum Gasteiger partial charge on any atom is 0.180 e.